The van der Waals surface area contributed by atoms with E-state index in [0.29, 0.717) is 12.6 Å². The zero-order valence-corrected chi connectivity index (χ0v) is 16.9. The van der Waals surface area contributed by atoms with Crippen LogP contribution < -0.4 is 10.2 Å². The molecule has 2 heterocycles. The largest absolute Gasteiger partial charge is 0.498 e. The second-order valence-electron chi connectivity index (χ2n) is 8.23. The summed E-state index contributed by atoms with van der Waals surface area (Å²) in [4.78, 5) is 20.4. The molecule has 0 amide bonds. The van der Waals surface area contributed by atoms with Crippen molar-refractivity contribution in [3.63, 3.8) is 0 Å². The number of ether oxygens (including phenoxy) is 2. The van der Waals surface area contributed by atoms with Crippen LogP contribution in [0.3, 0.4) is 0 Å². The van der Waals surface area contributed by atoms with Gasteiger partial charge in [-0.25, -0.2) is 9.97 Å². The fourth-order valence-corrected chi connectivity index (χ4v) is 3.31. The minimum Gasteiger partial charge on any atom is -0.466 e. The molecule has 1 aliphatic heterocycles. The average Bonchev–Trinajstić information content (AvgIpc) is 2.84. The quantitative estimate of drug-likeness (QED) is 0.576. The first-order chi connectivity index (χ1) is 12.7. The van der Waals surface area contributed by atoms with Crippen LogP contribution in [0.25, 0.3) is 0 Å². The van der Waals surface area contributed by atoms with Gasteiger partial charge in [0.25, 0.3) is 0 Å². The summed E-state index contributed by atoms with van der Waals surface area (Å²) in [6.45, 7) is 10.3. The summed E-state index contributed by atoms with van der Waals surface area (Å²) in [6, 6.07) is 0.342. The van der Waals surface area contributed by atoms with E-state index >= 15 is 0 Å². The maximum atomic E-state index is 11.8. The van der Waals surface area contributed by atoms with Crippen LogP contribution in [0.15, 0.2) is 12.4 Å². The number of carbonyl (C=O) groups excluding carboxylic acids is 1. The number of carbonyl (C=O) groups is 1. The second kappa shape index (κ2) is 7.76. The summed E-state index contributed by atoms with van der Waals surface area (Å²) < 4.78 is 23.0. The molecule has 1 aromatic rings. The van der Waals surface area contributed by atoms with Crippen molar-refractivity contribution < 1.29 is 23.6 Å². The van der Waals surface area contributed by atoms with E-state index in [-0.39, 0.29) is 18.0 Å². The van der Waals surface area contributed by atoms with Crippen LogP contribution in [0.4, 0.5) is 0 Å². The Bertz CT molecular complexity index is 641. The first-order valence-corrected chi connectivity index (χ1v) is 9.72. The van der Waals surface area contributed by atoms with Crippen LogP contribution in [-0.2, 0) is 18.8 Å². The van der Waals surface area contributed by atoms with Gasteiger partial charge in [0.05, 0.1) is 23.7 Å². The SMILES string of the molecule is CCOC(=O)C1CCC(Oc2ncc(B3OC(C)(C)C(C)(C)O3)cn2)CC1. The zero-order valence-electron chi connectivity index (χ0n) is 16.9. The Labute approximate surface area is 161 Å². The van der Waals surface area contributed by atoms with Gasteiger partial charge in [-0.15, -0.1) is 0 Å². The van der Waals surface area contributed by atoms with E-state index in [1.165, 1.54) is 0 Å². The first kappa shape index (κ1) is 20.1. The molecule has 7 nitrogen and oxygen atoms in total. The number of hydrogen-bond acceptors (Lipinski definition) is 7. The highest BCUT2D eigenvalue weighted by Crippen LogP contribution is 2.36. The van der Waals surface area contributed by atoms with Gasteiger partial charge >= 0.3 is 19.1 Å². The van der Waals surface area contributed by atoms with Gasteiger partial charge in [0.15, 0.2) is 0 Å². The standard InChI is InChI=1S/C19H29BN2O5/c1-6-24-16(23)13-7-9-15(10-8-13)25-17-21-11-14(12-22-17)20-26-18(2,3)19(4,5)27-20/h11-13,15H,6-10H2,1-5H3. The molecule has 1 saturated heterocycles. The fraction of sp³-hybridized carbons (Fsp3) is 0.737. The second-order valence-corrected chi connectivity index (χ2v) is 8.23. The maximum Gasteiger partial charge on any atom is 0.498 e. The van der Waals surface area contributed by atoms with Crippen molar-refractivity contribution >= 4 is 18.6 Å². The highest BCUT2D eigenvalue weighted by molar-refractivity contribution is 6.61. The molecule has 1 saturated carbocycles. The molecule has 2 aliphatic rings. The minimum absolute atomic E-state index is 0.0172. The fourth-order valence-electron chi connectivity index (χ4n) is 3.31. The number of hydrogen-bond donors (Lipinski definition) is 0. The van der Waals surface area contributed by atoms with E-state index in [4.69, 9.17) is 18.8 Å². The van der Waals surface area contributed by atoms with Crippen LogP contribution in [0.2, 0.25) is 0 Å². The van der Waals surface area contributed by atoms with Gasteiger partial charge < -0.3 is 18.8 Å². The minimum atomic E-state index is -0.482. The topological polar surface area (TPSA) is 79.8 Å². The van der Waals surface area contributed by atoms with Crippen molar-refractivity contribution in [1.29, 1.82) is 0 Å². The molecule has 3 rings (SSSR count). The van der Waals surface area contributed by atoms with Gasteiger partial charge in [-0.05, 0) is 60.3 Å². The lowest BCUT2D eigenvalue weighted by atomic mass is 9.81. The molecule has 1 aromatic heterocycles. The van der Waals surface area contributed by atoms with Crippen LogP contribution in [-0.4, -0.2) is 47.0 Å². The molecule has 0 atom stereocenters. The summed E-state index contributed by atoms with van der Waals surface area (Å²) in [7, 11) is -0.482. The molecule has 0 spiro atoms. The lowest BCUT2D eigenvalue weighted by molar-refractivity contribution is -0.149. The third-order valence-electron chi connectivity index (χ3n) is 5.74. The Morgan fingerprint density at radius 3 is 2.19 bits per heavy atom. The monoisotopic (exact) mass is 376 g/mol. The molecule has 148 valence electrons. The van der Waals surface area contributed by atoms with Crippen molar-refractivity contribution in [2.24, 2.45) is 5.92 Å². The lowest BCUT2D eigenvalue weighted by Gasteiger charge is -2.32. The Kier molecular flexibility index (Phi) is 5.77. The van der Waals surface area contributed by atoms with Gasteiger partial charge in [0, 0.05) is 17.9 Å². The first-order valence-electron chi connectivity index (χ1n) is 9.72. The number of nitrogens with zero attached hydrogens (tertiary/aromatic N) is 2. The number of aromatic nitrogens is 2. The summed E-state index contributed by atoms with van der Waals surface area (Å²) in [5.74, 6) is -0.115. The molecule has 0 radical (unpaired) electrons. The molecule has 8 heteroatoms. The van der Waals surface area contributed by atoms with E-state index in [1.54, 1.807) is 12.4 Å². The molecule has 0 aromatic carbocycles. The summed E-state index contributed by atoms with van der Waals surface area (Å²) in [5.41, 5.74) is -0.0264. The predicted molar refractivity (Wildman–Crippen MR) is 101 cm³/mol. The Morgan fingerprint density at radius 2 is 1.67 bits per heavy atom. The average molecular weight is 376 g/mol. The van der Waals surface area contributed by atoms with Crippen LogP contribution in [0.1, 0.15) is 60.3 Å². The molecule has 1 aliphatic carbocycles. The summed E-state index contributed by atoms with van der Waals surface area (Å²) in [6.07, 6.45) is 6.55. The molecule has 0 bridgehead atoms. The van der Waals surface area contributed by atoms with Crippen LogP contribution >= 0.6 is 0 Å². The van der Waals surface area contributed by atoms with Crippen LogP contribution in [0.5, 0.6) is 6.01 Å². The van der Waals surface area contributed by atoms with Gasteiger partial charge in [0.2, 0.25) is 0 Å². The number of esters is 1. The zero-order chi connectivity index (χ0) is 19.7. The van der Waals surface area contributed by atoms with Crippen molar-refractivity contribution in [2.75, 3.05) is 6.61 Å². The Hall–Kier alpha value is -1.67. The third kappa shape index (κ3) is 4.43. The lowest BCUT2D eigenvalue weighted by Crippen LogP contribution is -2.41. The highest BCUT2D eigenvalue weighted by Gasteiger charge is 2.52. The molecule has 27 heavy (non-hydrogen) atoms. The summed E-state index contributed by atoms with van der Waals surface area (Å²) in [5, 5.41) is 0. The predicted octanol–water partition coefficient (Wildman–Crippen LogP) is 2.28. The smallest absolute Gasteiger partial charge is 0.466 e. The molecular weight excluding hydrogens is 347 g/mol. The Balaban J connectivity index is 1.53. The van der Waals surface area contributed by atoms with Gasteiger partial charge in [-0.2, -0.15) is 0 Å². The van der Waals surface area contributed by atoms with Crippen molar-refractivity contribution in [3.05, 3.63) is 12.4 Å². The van der Waals surface area contributed by atoms with E-state index < -0.39 is 18.3 Å². The van der Waals surface area contributed by atoms with E-state index in [2.05, 4.69) is 9.97 Å². The van der Waals surface area contributed by atoms with Gasteiger partial charge in [0.1, 0.15) is 6.10 Å². The Morgan fingerprint density at radius 1 is 1.11 bits per heavy atom. The van der Waals surface area contributed by atoms with E-state index in [1.807, 2.05) is 34.6 Å². The van der Waals surface area contributed by atoms with Crippen LogP contribution in [0, 0.1) is 5.92 Å². The molecule has 2 fully saturated rings. The molecule has 0 unspecified atom stereocenters. The van der Waals surface area contributed by atoms with Gasteiger partial charge in [-0.3, -0.25) is 4.79 Å². The van der Waals surface area contributed by atoms with Crippen molar-refractivity contribution in [1.82, 2.24) is 9.97 Å². The highest BCUT2D eigenvalue weighted by atomic mass is 16.7. The van der Waals surface area contributed by atoms with E-state index in [9.17, 15) is 4.79 Å². The summed E-state index contributed by atoms with van der Waals surface area (Å²) >= 11 is 0. The molecular formula is C19H29BN2O5. The molecule has 0 N–H and O–H groups in total. The van der Waals surface area contributed by atoms with Gasteiger partial charge in [-0.1, -0.05) is 0 Å². The van der Waals surface area contributed by atoms with Crippen molar-refractivity contribution in [2.45, 2.75) is 77.6 Å². The third-order valence-corrected chi connectivity index (χ3v) is 5.74. The normalized spacial score (nSPS) is 26.6. The van der Waals surface area contributed by atoms with Crippen molar-refractivity contribution in [3.8, 4) is 6.01 Å². The maximum absolute atomic E-state index is 11.8. The number of rotatable bonds is 5. The van der Waals surface area contributed by atoms with E-state index in [0.717, 1.165) is 31.1 Å².